The summed E-state index contributed by atoms with van der Waals surface area (Å²) >= 11 is 0. The maximum absolute atomic E-state index is 11.2. The van der Waals surface area contributed by atoms with Gasteiger partial charge < -0.3 is 20.6 Å². The van der Waals surface area contributed by atoms with Crippen LogP contribution in [0.3, 0.4) is 0 Å². The topological polar surface area (TPSA) is 93.0 Å². The minimum atomic E-state index is -0.910. The number of aliphatic hydroxyl groups is 2. The van der Waals surface area contributed by atoms with Crippen LogP contribution in [-0.4, -0.2) is 70.6 Å². The van der Waals surface area contributed by atoms with E-state index in [1.165, 1.54) is 0 Å². The van der Waals surface area contributed by atoms with Crippen molar-refractivity contribution >= 4 is 5.97 Å². The predicted molar refractivity (Wildman–Crippen MR) is 92.4 cm³/mol. The molecule has 0 aromatic carbocycles. The van der Waals surface area contributed by atoms with Crippen LogP contribution in [0.5, 0.6) is 0 Å². The lowest BCUT2D eigenvalue weighted by Gasteiger charge is -2.28. The van der Waals surface area contributed by atoms with Gasteiger partial charge in [0.15, 0.2) is 0 Å². The number of allylic oxidation sites excluding steroid dienone is 2. The van der Waals surface area contributed by atoms with Crippen LogP contribution in [0.15, 0.2) is 25.3 Å². The van der Waals surface area contributed by atoms with Gasteiger partial charge in [-0.15, -0.1) is 13.2 Å². The zero-order valence-corrected chi connectivity index (χ0v) is 14.2. The molecule has 0 bridgehead atoms. The standard InChI is InChI=1S/C17H32N2O4/c1-4-6-8-15(20)12-18-10-11-19(14(3)17(22)23)13-16(21)9-7-5-2/h4-5,14-16,18,20-21H,1-2,6-13H2,3H3,(H,22,23). The number of nitrogens with zero attached hydrogens (tertiary/aromatic N) is 1. The molecule has 0 aliphatic heterocycles. The fourth-order valence-electron chi connectivity index (χ4n) is 2.18. The van der Waals surface area contributed by atoms with E-state index in [2.05, 4.69) is 18.5 Å². The van der Waals surface area contributed by atoms with Crippen molar-refractivity contribution in [2.45, 2.75) is 50.9 Å². The Labute approximate surface area is 139 Å². The first-order valence-corrected chi connectivity index (χ1v) is 8.17. The van der Waals surface area contributed by atoms with Crippen LogP contribution < -0.4 is 5.32 Å². The maximum atomic E-state index is 11.2. The number of rotatable bonds is 15. The minimum absolute atomic E-state index is 0.308. The molecule has 0 spiro atoms. The quantitative estimate of drug-likeness (QED) is 0.265. The smallest absolute Gasteiger partial charge is 0.320 e. The molecule has 3 unspecified atom stereocenters. The fourth-order valence-corrected chi connectivity index (χ4v) is 2.18. The highest BCUT2D eigenvalue weighted by molar-refractivity contribution is 5.72. The van der Waals surface area contributed by atoms with Crippen molar-refractivity contribution in [1.29, 1.82) is 0 Å². The van der Waals surface area contributed by atoms with E-state index in [4.69, 9.17) is 0 Å². The second kappa shape index (κ2) is 13.2. The highest BCUT2D eigenvalue weighted by Gasteiger charge is 2.22. The van der Waals surface area contributed by atoms with Crippen LogP contribution in [0.4, 0.5) is 0 Å². The molecule has 0 saturated carbocycles. The van der Waals surface area contributed by atoms with Crippen molar-refractivity contribution in [3.63, 3.8) is 0 Å². The average Bonchev–Trinajstić information content (AvgIpc) is 2.52. The van der Waals surface area contributed by atoms with Crippen molar-refractivity contribution in [3.8, 4) is 0 Å². The monoisotopic (exact) mass is 328 g/mol. The first-order valence-electron chi connectivity index (χ1n) is 8.17. The number of hydrogen-bond donors (Lipinski definition) is 4. The Hall–Kier alpha value is -1.21. The summed E-state index contributed by atoms with van der Waals surface area (Å²) in [7, 11) is 0. The largest absolute Gasteiger partial charge is 0.480 e. The Bertz CT molecular complexity index is 349. The third-order valence-corrected chi connectivity index (χ3v) is 3.71. The highest BCUT2D eigenvalue weighted by Crippen LogP contribution is 2.05. The average molecular weight is 328 g/mol. The Morgan fingerprint density at radius 2 is 1.74 bits per heavy atom. The molecule has 134 valence electrons. The molecule has 0 rings (SSSR count). The third-order valence-electron chi connectivity index (χ3n) is 3.71. The highest BCUT2D eigenvalue weighted by atomic mass is 16.4. The summed E-state index contributed by atoms with van der Waals surface area (Å²) in [6.45, 7) is 10.7. The minimum Gasteiger partial charge on any atom is -0.480 e. The van der Waals surface area contributed by atoms with E-state index < -0.39 is 24.2 Å². The molecule has 0 amide bonds. The lowest BCUT2D eigenvalue weighted by Crippen LogP contribution is -2.46. The molecule has 6 nitrogen and oxygen atoms in total. The van der Waals surface area contributed by atoms with Crippen molar-refractivity contribution < 1.29 is 20.1 Å². The molecular weight excluding hydrogens is 296 g/mol. The lowest BCUT2D eigenvalue weighted by atomic mass is 10.1. The summed E-state index contributed by atoms with van der Waals surface area (Å²) in [4.78, 5) is 12.9. The molecule has 0 fully saturated rings. The SMILES string of the molecule is C=CCCC(O)CNCCN(CC(O)CCC=C)C(C)C(=O)O. The molecule has 23 heavy (non-hydrogen) atoms. The van der Waals surface area contributed by atoms with Gasteiger partial charge in [0, 0.05) is 26.2 Å². The molecule has 0 saturated heterocycles. The van der Waals surface area contributed by atoms with Gasteiger partial charge in [-0.3, -0.25) is 9.69 Å². The van der Waals surface area contributed by atoms with Gasteiger partial charge in [-0.05, 0) is 32.6 Å². The maximum Gasteiger partial charge on any atom is 0.320 e. The van der Waals surface area contributed by atoms with E-state index in [1.807, 2.05) is 0 Å². The van der Waals surface area contributed by atoms with E-state index in [-0.39, 0.29) is 0 Å². The van der Waals surface area contributed by atoms with Crippen molar-refractivity contribution in [2.24, 2.45) is 0 Å². The van der Waals surface area contributed by atoms with Crippen LogP contribution in [-0.2, 0) is 4.79 Å². The second-order valence-electron chi connectivity index (χ2n) is 5.75. The van der Waals surface area contributed by atoms with Gasteiger partial charge in [-0.25, -0.2) is 0 Å². The third kappa shape index (κ3) is 11.0. The van der Waals surface area contributed by atoms with Crippen molar-refractivity contribution in [3.05, 3.63) is 25.3 Å². The lowest BCUT2D eigenvalue weighted by molar-refractivity contribution is -0.143. The molecular formula is C17H32N2O4. The van der Waals surface area contributed by atoms with E-state index in [1.54, 1.807) is 24.0 Å². The Morgan fingerprint density at radius 3 is 2.26 bits per heavy atom. The summed E-state index contributed by atoms with van der Waals surface area (Å²) in [6.07, 6.45) is 5.19. The summed E-state index contributed by atoms with van der Waals surface area (Å²) in [6, 6.07) is -0.666. The predicted octanol–water partition coefficient (Wildman–Crippen LogP) is 1.01. The number of nitrogens with one attached hydrogen (secondary N) is 1. The van der Waals surface area contributed by atoms with Crippen molar-refractivity contribution in [2.75, 3.05) is 26.2 Å². The summed E-state index contributed by atoms with van der Waals surface area (Å²) in [5.41, 5.74) is 0. The molecule has 0 aromatic heterocycles. The molecule has 0 heterocycles. The van der Waals surface area contributed by atoms with Gasteiger partial charge in [-0.1, -0.05) is 12.2 Å². The fraction of sp³-hybridized carbons (Fsp3) is 0.706. The van der Waals surface area contributed by atoms with Gasteiger partial charge >= 0.3 is 5.97 Å². The normalized spacial score (nSPS) is 15.1. The molecule has 3 atom stereocenters. The van der Waals surface area contributed by atoms with E-state index in [0.29, 0.717) is 45.4 Å². The Kier molecular flexibility index (Phi) is 12.6. The zero-order chi connectivity index (χ0) is 17.7. The van der Waals surface area contributed by atoms with E-state index >= 15 is 0 Å². The molecule has 0 radical (unpaired) electrons. The zero-order valence-electron chi connectivity index (χ0n) is 14.2. The number of carbonyl (C=O) groups is 1. The summed E-state index contributed by atoms with van der Waals surface area (Å²) in [5.74, 6) is -0.910. The van der Waals surface area contributed by atoms with Crippen LogP contribution in [0.25, 0.3) is 0 Å². The van der Waals surface area contributed by atoms with Crippen LogP contribution in [0.1, 0.15) is 32.6 Å². The van der Waals surface area contributed by atoms with Gasteiger partial charge in [0.2, 0.25) is 0 Å². The number of aliphatic hydroxyl groups excluding tert-OH is 2. The van der Waals surface area contributed by atoms with Crippen LogP contribution in [0, 0.1) is 0 Å². The molecule has 0 aromatic rings. The Morgan fingerprint density at radius 1 is 1.17 bits per heavy atom. The van der Waals surface area contributed by atoms with E-state index in [0.717, 1.165) is 6.42 Å². The number of carboxylic acid groups (broad SMARTS) is 1. The molecule has 0 aliphatic carbocycles. The number of carboxylic acids is 1. The first-order chi connectivity index (χ1) is 10.9. The van der Waals surface area contributed by atoms with Crippen LogP contribution in [0.2, 0.25) is 0 Å². The van der Waals surface area contributed by atoms with Crippen LogP contribution >= 0.6 is 0 Å². The second-order valence-corrected chi connectivity index (χ2v) is 5.75. The number of hydrogen-bond acceptors (Lipinski definition) is 5. The van der Waals surface area contributed by atoms with E-state index in [9.17, 15) is 20.1 Å². The summed E-state index contributed by atoms with van der Waals surface area (Å²) in [5, 5.41) is 32.0. The molecule has 4 N–H and O–H groups in total. The summed E-state index contributed by atoms with van der Waals surface area (Å²) < 4.78 is 0. The molecule has 6 heteroatoms. The van der Waals surface area contributed by atoms with Gasteiger partial charge in [0.05, 0.1) is 12.2 Å². The van der Waals surface area contributed by atoms with Gasteiger partial charge in [-0.2, -0.15) is 0 Å². The molecule has 0 aliphatic rings. The number of aliphatic carboxylic acids is 1. The van der Waals surface area contributed by atoms with Crippen molar-refractivity contribution in [1.82, 2.24) is 10.2 Å². The first kappa shape index (κ1) is 21.8. The van der Waals surface area contributed by atoms with Gasteiger partial charge in [0.25, 0.3) is 0 Å². The Balaban J connectivity index is 4.23. The van der Waals surface area contributed by atoms with Gasteiger partial charge in [0.1, 0.15) is 6.04 Å².